The normalized spacial score (nSPS) is 15.0. The van der Waals surface area contributed by atoms with Crippen LogP contribution in [0.1, 0.15) is 18.9 Å². The van der Waals surface area contributed by atoms with Crippen molar-refractivity contribution in [3.8, 4) is 0 Å². The molecule has 2 aromatic carbocycles. The number of ether oxygens (including phenoxy) is 1. The van der Waals surface area contributed by atoms with Crippen molar-refractivity contribution in [2.75, 3.05) is 85.1 Å². The molecule has 0 bridgehead atoms. The summed E-state index contributed by atoms with van der Waals surface area (Å²) < 4.78 is 5.14. The van der Waals surface area contributed by atoms with E-state index in [0.29, 0.717) is 6.42 Å². The van der Waals surface area contributed by atoms with Gasteiger partial charge in [-0.1, -0.05) is 36.4 Å². The zero-order valence-corrected chi connectivity index (χ0v) is 26.4. The standard InChI is InChI=1S/C32H45N7O4.Cu/c1-2-43-32(42)24-39(22-19-36-30(40)23-38-20-17-34-15-13-33-14-16-35-18-21-38)31(41)12-11-25-26-7-3-5-9-28(26)37-29-10-6-4-8-27(25)29;/h3-10,33-35H,2,11-24H2,1H3,(H,36,40);/q;+2. The van der Waals surface area contributed by atoms with Gasteiger partial charge in [0, 0.05) is 82.6 Å². The van der Waals surface area contributed by atoms with E-state index in [2.05, 4.69) is 26.2 Å². The molecular formula is C32H45CuN7O4+2. The second kappa shape index (κ2) is 19.3. The predicted molar refractivity (Wildman–Crippen MR) is 169 cm³/mol. The van der Waals surface area contributed by atoms with Crippen LogP contribution in [0.5, 0.6) is 0 Å². The van der Waals surface area contributed by atoms with Gasteiger partial charge < -0.3 is 30.9 Å². The van der Waals surface area contributed by atoms with E-state index in [1.54, 1.807) is 6.92 Å². The molecule has 0 atom stereocenters. The summed E-state index contributed by atoms with van der Waals surface area (Å²) in [6, 6.07) is 15.9. The first-order valence-corrected chi connectivity index (χ1v) is 15.4. The second-order valence-electron chi connectivity index (χ2n) is 10.6. The Morgan fingerprint density at radius 1 is 0.886 bits per heavy atom. The van der Waals surface area contributed by atoms with Crippen LogP contribution in [0.15, 0.2) is 48.5 Å². The molecule has 11 nitrogen and oxygen atoms in total. The molecule has 241 valence electrons. The predicted octanol–water partition coefficient (Wildman–Crippen LogP) is 0.910. The fourth-order valence-corrected chi connectivity index (χ4v) is 5.30. The molecule has 1 aromatic heterocycles. The third-order valence-corrected chi connectivity index (χ3v) is 7.50. The third kappa shape index (κ3) is 11.1. The molecule has 3 aromatic rings. The Labute approximate surface area is 270 Å². The van der Waals surface area contributed by atoms with Crippen molar-refractivity contribution in [3.63, 3.8) is 0 Å². The van der Waals surface area contributed by atoms with Crippen molar-refractivity contribution in [2.24, 2.45) is 0 Å². The molecule has 1 aliphatic heterocycles. The smallest absolute Gasteiger partial charge is 0.465 e. The molecule has 44 heavy (non-hydrogen) atoms. The van der Waals surface area contributed by atoms with Crippen molar-refractivity contribution < 1.29 is 36.2 Å². The minimum absolute atomic E-state index is 0. The molecule has 0 unspecified atom stereocenters. The molecule has 0 aliphatic carbocycles. The number of carbonyl (C=O) groups is 3. The van der Waals surface area contributed by atoms with Gasteiger partial charge in [-0.25, -0.2) is 4.98 Å². The Balaban J connectivity index is 0.00000529. The first-order chi connectivity index (χ1) is 21.0. The number of aromatic nitrogens is 1. The molecule has 1 radical (unpaired) electrons. The van der Waals surface area contributed by atoms with Gasteiger partial charge in [0.1, 0.15) is 6.54 Å². The van der Waals surface area contributed by atoms with Crippen LogP contribution in [0, 0.1) is 0 Å². The summed E-state index contributed by atoms with van der Waals surface area (Å²) in [5, 5.41) is 15.2. The van der Waals surface area contributed by atoms with Crippen molar-refractivity contribution in [1.82, 2.24) is 36.1 Å². The van der Waals surface area contributed by atoms with Crippen LogP contribution in [0.2, 0.25) is 0 Å². The van der Waals surface area contributed by atoms with Crippen LogP contribution >= 0.6 is 0 Å². The van der Waals surface area contributed by atoms with Gasteiger partial charge in [0.25, 0.3) is 0 Å². The average Bonchev–Trinajstić information content (AvgIpc) is 3.00. The largest absolute Gasteiger partial charge is 2.00 e. The number of rotatable bonds is 11. The third-order valence-electron chi connectivity index (χ3n) is 7.50. The summed E-state index contributed by atoms with van der Waals surface area (Å²) in [6.07, 6.45) is 0.718. The Morgan fingerprint density at radius 3 is 2.05 bits per heavy atom. The number of amides is 2. The van der Waals surface area contributed by atoms with Gasteiger partial charge in [-0.15, -0.1) is 0 Å². The number of nitrogens with zero attached hydrogens (tertiary/aromatic N) is 3. The number of carbonyl (C=O) groups excluding carboxylic acids is 3. The molecule has 1 saturated heterocycles. The number of esters is 1. The molecule has 0 saturated carbocycles. The number of hydrogen-bond acceptors (Lipinski definition) is 9. The molecule has 1 fully saturated rings. The van der Waals surface area contributed by atoms with Crippen LogP contribution in [-0.4, -0.2) is 118 Å². The first-order valence-electron chi connectivity index (χ1n) is 15.4. The molecular weight excluding hydrogens is 610 g/mol. The molecule has 2 heterocycles. The van der Waals surface area contributed by atoms with E-state index < -0.39 is 5.97 Å². The maximum Gasteiger partial charge on any atom is 2.00 e. The van der Waals surface area contributed by atoms with Crippen molar-refractivity contribution >= 4 is 39.6 Å². The molecule has 4 N–H and O–H groups in total. The average molecular weight is 655 g/mol. The van der Waals surface area contributed by atoms with Gasteiger partial charge in [0.05, 0.1) is 24.2 Å². The molecule has 12 heteroatoms. The topological polar surface area (TPSA) is 128 Å². The van der Waals surface area contributed by atoms with Crippen LogP contribution in [0.3, 0.4) is 0 Å². The minimum Gasteiger partial charge on any atom is -0.465 e. The van der Waals surface area contributed by atoms with Gasteiger partial charge in [-0.2, -0.15) is 0 Å². The van der Waals surface area contributed by atoms with E-state index in [1.807, 2.05) is 48.5 Å². The number of hydrogen-bond donors (Lipinski definition) is 4. The summed E-state index contributed by atoms with van der Waals surface area (Å²) in [6.45, 7) is 9.31. The molecule has 1 aliphatic rings. The Morgan fingerprint density at radius 2 is 1.45 bits per heavy atom. The summed E-state index contributed by atoms with van der Waals surface area (Å²) >= 11 is 0. The molecule has 2 amide bonds. The fourth-order valence-electron chi connectivity index (χ4n) is 5.30. The summed E-state index contributed by atoms with van der Waals surface area (Å²) in [7, 11) is 0. The van der Waals surface area contributed by atoms with Gasteiger partial charge >= 0.3 is 23.0 Å². The number of fused-ring (bicyclic) bond motifs is 2. The number of aryl methyl sites for hydroxylation is 1. The first kappa shape index (κ1) is 35.4. The van der Waals surface area contributed by atoms with E-state index >= 15 is 0 Å². The SMILES string of the molecule is CCOC(=O)CN(CCNC(=O)CN1CCNCCNCCNCC1)C(=O)CCc1c2ccccc2nc2ccccc12.[Cu+2]. The van der Waals surface area contributed by atoms with Crippen molar-refractivity contribution in [1.29, 1.82) is 0 Å². The Hall–Kier alpha value is -3.12. The van der Waals surface area contributed by atoms with E-state index in [4.69, 9.17) is 9.72 Å². The monoisotopic (exact) mass is 654 g/mol. The second-order valence-corrected chi connectivity index (χ2v) is 10.6. The summed E-state index contributed by atoms with van der Waals surface area (Å²) in [4.78, 5) is 47.0. The van der Waals surface area contributed by atoms with Gasteiger partial charge in [0.2, 0.25) is 11.8 Å². The van der Waals surface area contributed by atoms with Gasteiger partial charge in [-0.3, -0.25) is 19.3 Å². The molecule has 0 spiro atoms. The number of nitrogens with one attached hydrogen (secondary N) is 4. The Bertz CT molecular complexity index is 1290. The number of benzene rings is 2. The number of pyridine rings is 1. The Kier molecular flexibility index (Phi) is 15.5. The summed E-state index contributed by atoms with van der Waals surface area (Å²) in [5.74, 6) is -0.731. The van der Waals surface area contributed by atoms with Gasteiger partial charge in [-0.05, 0) is 31.0 Å². The van der Waals surface area contributed by atoms with E-state index in [9.17, 15) is 14.4 Å². The summed E-state index contributed by atoms with van der Waals surface area (Å²) in [5.41, 5.74) is 2.83. The van der Waals surface area contributed by atoms with Crippen LogP contribution < -0.4 is 21.3 Å². The maximum absolute atomic E-state index is 13.5. The van der Waals surface area contributed by atoms with Crippen molar-refractivity contribution in [2.45, 2.75) is 19.8 Å². The van der Waals surface area contributed by atoms with E-state index in [-0.39, 0.29) is 68.1 Å². The van der Waals surface area contributed by atoms with Gasteiger partial charge in [0.15, 0.2) is 0 Å². The zero-order valence-electron chi connectivity index (χ0n) is 25.5. The molecule has 4 rings (SSSR count). The fraction of sp³-hybridized carbons (Fsp3) is 0.500. The van der Waals surface area contributed by atoms with E-state index in [0.717, 1.165) is 79.7 Å². The van der Waals surface area contributed by atoms with Crippen LogP contribution in [0.4, 0.5) is 0 Å². The maximum atomic E-state index is 13.5. The number of para-hydroxylation sites is 2. The quantitative estimate of drug-likeness (QED) is 0.136. The van der Waals surface area contributed by atoms with Crippen LogP contribution in [0.25, 0.3) is 21.8 Å². The van der Waals surface area contributed by atoms with Crippen LogP contribution in [-0.2, 0) is 42.6 Å². The zero-order chi connectivity index (χ0) is 30.3. The van der Waals surface area contributed by atoms with E-state index in [1.165, 1.54) is 4.90 Å². The van der Waals surface area contributed by atoms with Crippen molar-refractivity contribution in [3.05, 3.63) is 54.1 Å². The minimum atomic E-state index is -0.462.